The van der Waals surface area contributed by atoms with Gasteiger partial charge in [0.05, 0.1) is 44.6 Å². The SMILES string of the molecule is COc1ccc(CCC(O)c2c(OCCN3CCCCC3)c(OC)c3occc3c2OC)cc1. The first-order chi connectivity index (χ1) is 16.7. The fourth-order valence-corrected chi connectivity index (χ4v) is 4.69. The van der Waals surface area contributed by atoms with Gasteiger partial charge in [0.25, 0.3) is 0 Å². The summed E-state index contributed by atoms with van der Waals surface area (Å²) in [4.78, 5) is 2.42. The second kappa shape index (κ2) is 11.5. The Balaban J connectivity index is 1.60. The molecular formula is C27H35NO6. The van der Waals surface area contributed by atoms with Crippen LogP contribution in [0.2, 0.25) is 0 Å². The van der Waals surface area contributed by atoms with E-state index < -0.39 is 6.10 Å². The number of hydrogen-bond donors (Lipinski definition) is 1. The van der Waals surface area contributed by atoms with Gasteiger partial charge in [-0.3, -0.25) is 4.90 Å². The lowest BCUT2D eigenvalue weighted by molar-refractivity contribution is 0.149. The van der Waals surface area contributed by atoms with Crippen LogP contribution in [0.1, 0.15) is 42.9 Å². The standard InChI is InChI=1S/C27H35NO6/c1-30-20-10-7-19(8-11-20)9-12-22(29)23-24(31-2)21-13-17-33-25(21)27(32-3)26(23)34-18-16-28-14-5-4-6-15-28/h7-8,10-11,13,17,22,29H,4-6,9,12,14-16,18H2,1-3H3. The minimum absolute atomic E-state index is 0.484. The van der Waals surface area contributed by atoms with Crippen LogP contribution in [0.3, 0.4) is 0 Å². The molecule has 0 aliphatic carbocycles. The third kappa shape index (κ3) is 5.26. The fraction of sp³-hybridized carbons (Fsp3) is 0.481. The van der Waals surface area contributed by atoms with Crippen molar-refractivity contribution >= 4 is 11.0 Å². The molecule has 1 fully saturated rings. The average Bonchev–Trinajstić information content (AvgIpc) is 3.37. The van der Waals surface area contributed by atoms with E-state index in [9.17, 15) is 5.11 Å². The molecule has 34 heavy (non-hydrogen) atoms. The number of fused-ring (bicyclic) bond motifs is 1. The molecule has 2 aromatic carbocycles. The Hall–Kier alpha value is -2.90. The van der Waals surface area contributed by atoms with E-state index in [-0.39, 0.29) is 0 Å². The monoisotopic (exact) mass is 469 g/mol. The Kier molecular flexibility index (Phi) is 8.19. The molecule has 1 unspecified atom stereocenters. The van der Waals surface area contributed by atoms with Crippen molar-refractivity contribution in [1.29, 1.82) is 0 Å². The van der Waals surface area contributed by atoms with Crippen LogP contribution in [0, 0.1) is 0 Å². The molecule has 0 amide bonds. The average molecular weight is 470 g/mol. The number of piperidine rings is 1. The number of likely N-dealkylation sites (tertiary alicyclic amines) is 1. The number of aryl methyl sites for hydroxylation is 1. The Morgan fingerprint density at radius 1 is 0.912 bits per heavy atom. The number of ether oxygens (including phenoxy) is 4. The number of rotatable bonds is 11. The van der Waals surface area contributed by atoms with E-state index in [4.69, 9.17) is 23.4 Å². The summed E-state index contributed by atoms with van der Waals surface area (Å²) in [7, 11) is 4.84. The smallest absolute Gasteiger partial charge is 0.205 e. The predicted octanol–water partition coefficient (Wildman–Crippen LogP) is 4.99. The Morgan fingerprint density at radius 3 is 2.32 bits per heavy atom. The number of aliphatic hydroxyl groups excluding tert-OH is 1. The van der Waals surface area contributed by atoms with Gasteiger partial charge in [0.1, 0.15) is 18.1 Å². The zero-order chi connectivity index (χ0) is 23.9. The normalized spacial score (nSPS) is 15.3. The van der Waals surface area contributed by atoms with Crippen molar-refractivity contribution in [2.24, 2.45) is 0 Å². The van der Waals surface area contributed by atoms with Crippen LogP contribution in [0.5, 0.6) is 23.0 Å². The zero-order valence-corrected chi connectivity index (χ0v) is 20.3. The maximum Gasteiger partial charge on any atom is 0.205 e. The predicted molar refractivity (Wildman–Crippen MR) is 131 cm³/mol. The number of benzene rings is 2. The number of furan rings is 1. The van der Waals surface area contributed by atoms with Gasteiger partial charge in [0.2, 0.25) is 5.75 Å². The summed E-state index contributed by atoms with van der Waals surface area (Å²) in [5.41, 5.74) is 2.27. The van der Waals surface area contributed by atoms with Gasteiger partial charge in [-0.05, 0) is 62.5 Å². The second-order valence-corrected chi connectivity index (χ2v) is 8.63. The lowest BCUT2D eigenvalue weighted by Crippen LogP contribution is -2.33. The highest BCUT2D eigenvalue weighted by atomic mass is 16.5. The number of aliphatic hydroxyl groups is 1. The van der Waals surface area contributed by atoms with Crippen molar-refractivity contribution in [3.8, 4) is 23.0 Å². The molecule has 0 spiro atoms. The van der Waals surface area contributed by atoms with Crippen molar-refractivity contribution in [3.63, 3.8) is 0 Å². The molecule has 1 atom stereocenters. The molecule has 1 N–H and O–H groups in total. The maximum absolute atomic E-state index is 11.4. The van der Waals surface area contributed by atoms with E-state index in [1.165, 1.54) is 19.3 Å². The van der Waals surface area contributed by atoms with E-state index in [1.807, 2.05) is 30.3 Å². The van der Waals surface area contributed by atoms with Crippen molar-refractivity contribution < 1.29 is 28.5 Å². The number of methoxy groups -OCH3 is 3. The van der Waals surface area contributed by atoms with Crippen LogP contribution in [0.4, 0.5) is 0 Å². The van der Waals surface area contributed by atoms with E-state index >= 15 is 0 Å². The van der Waals surface area contributed by atoms with Crippen molar-refractivity contribution in [2.75, 3.05) is 47.6 Å². The van der Waals surface area contributed by atoms with Crippen LogP contribution >= 0.6 is 0 Å². The first-order valence-corrected chi connectivity index (χ1v) is 12.0. The lowest BCUT2D eigenvalue weighted by Gasteiger charge is -2.27. The van der Waals surface area contributed by atoms with Crippen LogP contribution in [-0.4, -0.2) is 57.6 Å². The van der Waals surface area contributed by atoms with Crippen LogP contribution in [-0.2, 0) is 6.42 Å². The highest BCUT2D eigenvalue weighted by molar-refractivity contribution is 5.93. The van der Waals surface area contributed by atoms with Gasteiger partial charge >= 0.3 is 0 Å². The lowest BCUT2D eigenvalue weighted by atomic mass is 9.97. The summed E-state index contributed by atoms with van der Waals surface area (Å²) in [5, 5.41) is 12.1. The largest absolute Gasteiger partial charge is 0.497 e. The van der Waals surface area contributed by atoms with Gasteiger partial charge in [-0.1, -0.05) is 18.6 Å². The zero-order valence-electron chi connectivity index (χ0n) is 20.3. The molecule has 7 heteroatoms. The molecule has 0 saturated carbocycles. The van der Waals surface area contributed by atoms with Crippen LogP contribution < -0.4 is 18.9 Å². The molecular weight excluding hydrogens is 434 g/mol. The second-order valence-electron chi connectivity index (χ2n) is 8.63. The highest BCUT2D eigenvalue weighted by Crippen LogP contribution is 2.49. The summed E-state index contributed by atoms with van der Waals surface area (Å²) in [6, 6.07) is 9.71. The molecule has 0 radical (unpaired) electrons. The Bertz CT molecular complexity index is 1060. The van der Waals surface area contributed by atoms with Crippen molar-refractivity contribution in [3.05, 3.63) is 47.7 Å². The topological polar surface area (TPSA) is 73.5 Å². The third-order valence-electron chi connectivity index (χ3n) is 6.52. The summed E-state index contributed by atoms with van der Waals surface area (Å²) < 4.78 is 28.8. The summed E-state index contributed by atoms with van der Waals surface area (Å²) >= 11 is 0. The molecule has 1 aromatic heterocycles. The fourth-order valence-electron chi connectivity index (χ4n) is 4.69. The van der Waals surface area contributed by atoms with E-state index in [0.717, 1.165) is 36.3 Å². The number of hydrogen-bond acceptors (Lipinski definition) is 7. The highest BCUT2D eigenvalue weighted by Gasteiger charge is 2.29. The minimum atomic E-state index is -0.810. The van der Waals surface area contributed by atoms with E-state index in [0.29, 0.717) is 47.8 Å². The quantitative estimate of drug-likeness (QED) is 0.424. The molecule has 1 aliphatic rings. The van der Waals surface area contributed by atoms with Crippen LogP contribution in [0.15, 0.2) is 41.0 Å². The molecule has 0 bridgehead atoms. The molecule has 2 heterocycles. The van der Waals surface area contributed by atoms with Gasteiger partial charge in [-0.2, -0.15) is 0 Å². The van der Waals surface area contributed by atoms with Gasteiger partial charge in [-0.15, -0.1) is 0 Å². The molecule has 184 valence electrons. The Morgan fingerprint density at radius 2 is 1.65 bits per heavy atom. The Labute approximate surface area is 201 Å². The molecule has 4 rings (SSSR count). The number of nitrogens with zero attached hydrogens (tertiary/aromatic N) is 1. The van der Waals surface area contributed by atoms with Gasteiger partial charge in [0.15, 0.2) is 11.3 Å². The maximum atomic E-state index is 11.4. The van der Waals surface area contributed by atoms with Gasteiger partial charge in [0, 0.05) is 6.54 Å². The molecule has 3 aromatic rings. The molecule has 1 aliphatic heterocycles. The first-order valence-electron chi connectivity index (χ1n) is 12.0. The van der Waals surface area contributed by atoms with E-state index in [2.05, 4.69) is 4.90 Å². The summed E-state index contributed by atoms with van der Waals surface area (Å²) in [5.74, 6) is 2.34. The minimum Gasteiger partial charge on any atom is -0.497 e. The summed E-state index contributed by atoms with van der Waals surface area (Å²) in [6.07, 6.45) is 5.72. The third-order valence-corrected chi connectivity index (χ3v) is 6.52. The molecule has 7 nitrogen and oxygen atoms in total. The molecule has 1 saturated heterocycles. The van der Waals surface area contributed by atoms with Gasteiger partial charge < -0.3 is 28.5 Å². The van der Waals surface area contributed by atoms with Crippen molar-refractivity contribution in [1.82, 2.24) is 4.90 Å². The van der Waals surface area contributed by atoms with Crippen molar-refractivity contribution in [2.45, 2.75) is 38.2 Å². The van der Waals surface area contributed by atoms with E-state index in [1.54, 1.807) is 27.6 Å². The summed E-state index contributed by atoms with van der Waals surface area (Å²) in [6.45, 7) is 3.50. The van der Waals surface area contributed by atoms with Crippen LogP contribution in [0.25, 0.3) is 11.0 Å². The first kappa shape index (κ1) is 24.2. The van der Waals surface area contributed by atoms with Gasteiger partial charge in [-0.25, -0.2) is 0 Å².